The molecule has 0 spiro atoms. The molecule has 17 heavy (non-hydrogen) atoms. The van der Waals surface area contributed by atoms with Crippen molar-refractivity contribution >= 4 is 10.0 Å². The van der Waals surface area contributed by atoms with Crippen molar-refractivity contribution in [1.29, 1.82) is 5.26 Å². The molecule has 1 N–H and O–H groups in total. The van der Waals surface area contributed by atoms with Crippen LogP contribution in [0.15, 0.2) is 0 Å². The summed E-state index contributed by atoms with van der Waals surface area (Å²) in [6, 6.07) is 2.13. The number of sulfonamides is 1. The second-order valence-corrected chi connectivity index (χ2v) is 6.21. The maximum absolute atomic E-state index is 11.8. The van der Waals surface area contributed by atoms with E-state index in [9.17, 15) is 8.42 Å². The van der Waals surface area contributed by atoms with Crippen molar-refractivity contribution in [3.05, 3.63) is 0 Å². The molecule has 0 unspecified atom stereocenters. The molecular formula is C11H20N2O3S. The molecule has 0 radical (unpaired) electrons. The molecule has 1 aliphatic rings. The van der Waals surface area contributed by atoms with Crippen molar-refractivity contribution in [2.45, 2.75) is 44.6 Å². The molecule has 0 bridgehead atoms. The highest BCUT2D eigenvalue weighted by molar-refractivity contribution is 7.89. The van der Waals surface area contributed by atoms with E-state index in [-0.39, 0.29) is 12.4 Å². The predicted octanol–water partition coefficient (Wildman–Crippen LogP) is 1.17. The summed E-state index contributed by atoms with van der Waals surface area (Å²) in [7, 11) is -3.42. The van der Waals surface area contributed by atoms with Crippen LogP contribution in [0.3, 0.4) is 0 Å². The number of ether oxygens (including phenoxy) is 1. The van der Waals surface area contributed by atoms with Gasteiger partial charge in [0.05, 0.1) is 18.4 Å². The van der Waals surface area contributed by atoms with Gasteiger partial charge in [0.2, 0.25) is 10.0 Å². The maximum atomic E-state index is 11.8. The number of nitrogens with zero attached hydrogens (tertiary/aromatic N) is 1. The first-order valence-electron chi connectivity index (χ1n) is 6.04. The lowest BCUT2D eigenvalue weighted by molar-refractivity contribution is 0.163. The zero-order valence-corrected chi connectivity index (χ0v) is 11.1. The molecule has 0 aliphatic heterocycles. The van der Waals surface area contributed by atoms with E-state index in [4.69, 9.17) is 10.00 Å². The van der Waals surface area contributed by atoms with Gasteiger partial charge in [0.1, 0.15) is 5.54 Å². The van der Waals surface area contributed by atoms with Crippen LogP contribution in [0.1, 0.15) is 39.0 Å². The van der Waals surface area contributed by atoms with E-state index in [0.29, 0.717) is 19.4 Å². The Kier molecular flexibility index (Phi) is 5.37. The fraction of sp³-hybridized carbons (Fsp3) is 0.909. The van der Waals surface area contributed by atoms with E-state index in [2.05, 4.69) is 10.8 Å². The van der Waals surface area contributed by atoms with Gasteiger partial charge in [0.25, 0.3) is 0 Å². The summed E-state index contributed by atoms with van der Waals surface area (Å²) in [5.41, 5.74) is -0.886. The van der Waals surface area contributed by atoms with Crippen LogP contribution in [0.5, 0.6) is 0 Å². The Morgan fingerprint density at radius 3 is 2.53 bits per heavy atom. The fourth-order valence-electron chi connectivity index (χ4n) is 2.05. The topological polar surface area (TPSA) is 79.2 Å². The first-order valence-corrected chi connectivity index (χ1v) is 7.69. The summed E-state index contributed by atoms with van der Waals surface area (Å²) < 4.78 is 31.2. The highest BCUT2D eigenvalue weighted by atomic mass is 32.2. The Bertz CT molecular complexity index is 367. The van der Waals surface area contributed by atoms with Crippen LogP contribution in [0, 0.1) is 11.3 Å². The Labute approximate surface area is 103 Å². The molecule has 0 heterocycles. The molecule has 5 nitrogen and oxygen atoms in total. The minimum Gasteiger partial charge on any atom is -0.381 e. The molecule has 0 atom stereocenters. The molecule has 98 valence electrons. The number of nitrogens with one attached hydrogen (secondary N) is 1. The zero-order chi connectivity index (χ0) is 12.8. The lowest BCUT2D eigenvalue weighted by atomic mass is 9.84. The van der Waals surface area contributed by atoms with Crippen molar-refractivity contribution in [1.82, 2.24) is 4.72 Å². The molecule has 0 aromatic carbocycles. The van der Waals surface area contributed by atoms with E-state index in [0.717, 1.165) is 19.3 Å². The normalized spacial score (nSPS) is 19.8. The average molecular weight is 260 g/mol. The molecular weight excluding hydrogens is 240 g/mol. The summed E-state index contributed by atoms with van der Waals surface area (Å²) in [5, 5.41) is 9.17. The quantitative estimate of drug-likeness (QED) is 0.727. The lowest BCUT2D eigenvalue weighted by Gasteiger charge is -2.31. The Hall–Kier alpha value is -0.640. The van der Waals surface area contributed by atoms with Gasteiger partial charge in [-0.3, -0.25) is 0 Å². The number of rotatable bonds is 6. The van der Waals surface area contributed by atoms with Crippen LogP contribution in [0.4, 0.5) is 0 Å². The molecule has 1 fully saturated rings. The van der Waals surface area contributed by atoms with Crippen LogP contribution in [0.25, 0.3) is 0 Å². The van der Waals surface area contributed by atoms with Crippen molar-refractivity contribution < 1.29 is 13.2 Å². The van der Waals surface area contributed by atoms with Crippen LogP contribution < -0.4 is 4.72 Å². The smallest absolute Gasteiger partial charge is 0.215 e. The first kappa shape index (κ1) is 14.4. The van der Waals surface area contributed by atoms with Crippen LogP contribution in [0.2, 0.25) is 0 Å². The third-order valence-electron chi connectivity index (χ3n) is 2.97. The van der Waals surface area contributed by atoms with Gasteiger partial charge in [-0.1, -0.05) is 19.3 Å². The van der Waals surface area contributed by atoms with Crippen molar-refractivity contribution in [3.63, 3.8) is 0 Å². The van der Waals surface area contributed by atoms with Crippen LogP contribution in [-0.4, -0.2) is 32.9 Å². The van der Waals surface area contributed by atoms with Gasteiger partial charge < -0.3 is 4.74 Å². The van der Waals surface area contributed by atoms with Gasteiger partial charge in [0, 0.05) is 6.61 Å². The highest BCUT2D eigenvalue weighted by Gasteiger charge is 2.35. The Morgan fingerprint density at radius 2 is 2.00 bits per heavy atom. The Morgan fingerprint density at radius 1 is 1.35 bits per heavy atom. The summed E-state index contributed by atoms with van der Waals surface area (Å²) in [4.78, 5) is 0. The highest BCUT2D eigenvalue weighted by Crippen LogP contribution is 2.28. The van der Waals surface area contributed by atoms with Crippen molar-refractivity contribution in [3.8, 4) is 6.07 Å². The summed E-state index contributed by atoms with van der Waals surface area (Å²) in [6.45, 7) is 2.49. The van der Waals surface area contributed by atoms with Crippen LogP contribution >= 0.6 is 0 Å². The minimum atomic E-state index is -3.42. The van der Waals surface area contributed by atoms with E-state index in [1.54, 1.807) is 0 Å². The van der Waals surface area contributed by atoms with E-state index in [1.807, 2.05) is 6.92 Å². The molecule has 0 aromatic rings. The average Bonchev–Trinajstić information content (AvgIpc) is 2.30. The lowest BCUT2D eigenvalue weighted by Crippen LogP contribution is -2.49. The molecule has 0 amide bonds. The largest absolute Gasteiger partial charge is 0.381 e. The summed E-state index contributed by atoms with van der Waals surface area (Å²) >= 11 is 0. The second kappa shape index (κ2) is 6.34. The molecule has 1 aliphatic carbocycles. The van der Waals surface area contributed by atoms with Crippen LogP contribution in [-0.2, 0) is 14.8 Å². The van der Waals surface area contributed by atoms with Gasteiger partial charge >= 0.3 is 0 Å². The van der Waals surface area contributed by atoms with E-state index < -0.39 is 15.6 Å². The number of nitriles is 1. The van der Waals surface area contributed by atoms with E-state index >= 15 is 0 Å². The monoisotopic (exact) mass is 260 g/mol. The van der Waals surface area contributed by atoms with E-state index in [1.165, 1.54) is 0 Å². The predicted molar refractivity (Wildman–Crippen MR) is 64.8 cm³/mol. The zero-order valence-electron chi connectivity index (χ0n) is 10.2. The Balaban J connectivity index is 2.58. The second-order valence-electron chi connectivity index (χ2n) is 4.37. The standard InChI is InChI=1S/C11H20N2O3S/c1-2-16-8-9-17(14,15)13-11(10-12)6-4-3-5-7-11/h13H,2-9H2,1H3. The molecule has 1 rings (SSSR count). The minimum absolute atomic E-state index is 0.0791. The summed E-state index contributed by atoms with van der Waals surface area (Å²) in [6.07, 6.45) is 4.10. The number of hydrogen-bond donors (Lipinski definition) is 1. The van der Waals surface area contributed by atoms with Gasteiger partial charge in [-0.2, -0.15) is 9.98 Å². The summed E-state index contributed by atoms with van der Waals surface area (Å²) in [5.74, 6) is -0.0791. The molecule has 1 saturated carbocycles. The van der Waals surface area contributed by atoms with Gasteiger partial charge in [-0.25, -0.2) is 8.42 Å². The van der Waals surface area contributed by atoms with Gasteiger partial charge in [0.15, 0.2) is 0 Å². The maximum Gasteiger partial charge on any atom is 0.215 e. The fourth-order valence-corrected chi connectivity index (χ4v) is 3.34. The third-order valence-corrected chi connectivity index (χ3v) is 4.38. The molecule has 6 heteroatoms. The van der Waals surface area contributed by atoms with Gasteiger partial charge in [-0.05, 0) is 19.8 Å². The van der Waals surface area contributed by atoms with Gasteiger partial charge in [-0.15, -0.1) is 0 Å². The SMILES string of the molecule is CCOCCS(=O)(=O)NC1(C#N)CCCCC1. The van der Waals surface area contributed by atoms with Crippen molar-refractivity contribution in [2.24, 2.45) is 0 Å². The van der Waals surface area contributed by atoms with Crippen molar-refractivity contribution in [2.75, 3.05) is 19.0 Å². The third kappa shape index (κ3) is 4.62. The molecule has 0 saturated heterocycles. The number of hydrogen-bond acceptors (Lipinski definition) is 4. The molecule has 0 aromatic heterocycles. The first-order chi connectivity index (χ1) is 8.04.